The van der Waals surface area contributed by atoms with Gasteiger partial charge < -0.3 is 20.3 Å². The van der Waals surface area contributed by atoms with Crippen molar-refractivity contribution in [1.29, 1.82) is 0 Å². The molecule has 138 valence electrons. The average molecular weight is 338 g/mol. The van der Waals surface area contributed by atoms with Crippen LogP contribution in [-0.4, -0.2) is 80.4 Å². The number of carbonyl (C=O) groups excluding carboxylic acids is 1. The molecule has 24 heavy (non-hydrogen) atoms. The maximum absolute atomic E-state index is 12.4. The highest BCUT2D eigenvalue weighted by molar-refractivity contribution is 5.74. The van der Waals surface area contributed by atoms with Crippen LogP contribution in [-0.2, 0) is 4.74 Å². The van der Waals surface area contributed by atoms with Gasteiger partial charge in [-0.25, -0.2) is 4.79 Å². The summed E-state index contributed by atoms with van der Waals surface area (Å²) in [6, 6.07) is 0.393. The number of ether oxygens (including phenoxy) is 1. The molecule has 2 N–H and O–H groups in total. The minimum atomic E-state index is 0.0217. The third-order valence-electron chi connectivity index (χ3n) is 6.12. The van der Waals surface area contributed by atoms with E-state index in [4.69, 9.17) is 4.74 Å². The van der Waals surface area contributed by atoms with Gasteiger partial charge >= 0.3 is 6.03 Å². The molecule has 0 spiro atoms. The lowest BCUT2D eigenvalue weighted by Crippen LogP contribution is -2.63. The Balaban J connectivity index is 1.54. The van der Waals surface area contributed by atoms with E-state index in [0.717, 1.165) is 71.6 Å². The van der Waals surface area contributed by atoms with Crippen LogP contribution in [0.2, 0.25) is 0 Å². The Hall–Kier alpha value is -0.850. The lowest BCUT2D eigenvalue weighted by Gasteiger charge is -2.49. The predicted octanol–water partition coefficient (Wildman–Crippen LogP) is 1.41. The van der Waals surface area contributed by atoms with Crippen LogP contribution in [0.3, 0.4) is 0 Å². The van der Waals surface area contributed by atoms with Gasteiger partial charge in [0.15, 0.2) is 0 Å². The number of piperidine rings is 1. The van der Waals surface area contributed by atoms with Crippen LogP contribution >= 0.6 is 0 Å². The van der Waals surface area contributed by atoms with E-state index in [1.165, 1.54) is 19.3 Å². The summed E-state index contributed by atoms with van der Waals surface area (Å²) in [5, 5.41) is 6.39. The van der Waals surface area contributed by atoms with Crippen molar-refractivity contribution in [2.45, 2.75) is 56.5 Å². The number of hydrogen-bond donors (Lipinski definition) is 2. The van der Waals surface area contributed by atoms with Crippen molar-refractivity contribution < 1.29 is 9.53 Å². The molecule has 0 bridgehead atoms. The Morgan fingerprint density at radius 3 is 2.42 bits per heavy atom. The number of hydrogen-bond acceptors (Lipinski definition) is 4. The van der Waals surface area contributed by atoms with Gasteiger partial charge in [-0.3, -0.25) is 4.90 Å². The molecule has 2 aliphatic heterocycles. The van der Waals surface area contributed by atoms with Gasteiger partial charge in [0.1, 0.15) is 0 Å². The number of morpholine rings is 1. The number of urea groups is 1. The van der Waals surface area contributed by atoms with Crippen LogP contribution in [0.5, 0.6) is 0 Å². The molecule has 3 fully saturated rings. The Labute approximate surface area is 146 Å². The van der Waals surface area contributed by atoms with Gasteiger partial charge in [0, 0.05) is 31.2 Å². The van der Waals surface area contributed by atoms with Gasteiger partial charge in [0.05, 0.1) is 13.2 Å². The molecule has 0 unspecified atom stereocenters. The van der Waals surface area contributed by atoms with E-state index in [1.807, 2.05) is 0 Å². The first-order valence-electron chi connectivity index (χ1n) is 9.74. The molecule has 3 rings (SSSR count). The number of likely N-dealkylation sites (tertiary alicyclic amines) is 1. The van der Waals surface area contributed by atoms with E-state index in [9.17, 15) is 4.79 Å². The van der Waals surface area contributed by atoms with E-state index >= 15 is 0 Å². The second-order valence-electron chi connectivity index (χ2n) is 7.79. The number of nitrogens with zero attached hydrogens (tertiary/aromatic N) is 2. The average Bonchev–Trinajstić information content (AvgIpc) is 2.63. The first-order valence-corrected chi connectivity index (χ1v) is 9.74. The molecule has 0 atom stereocenters. The number of nitrogens with one attached hydrogen (secondary N) is 2. The van der Waals surface area contributed by atoms with Crippen molar-refractivity contribution in [2.24, 2.45) is 0 Å². The van der Waals surface area contributed by atoms with Gasteiger partial charge in [-0.1, -0.05) is 19.3 Å². The molecule has 2 saturated heterocycles. The highest BCUT2D eigenvalue weighted by Gasteiger charge is 2.40. The zero-order chi connectivity index (χ0) is 16.8. The molecule has 6 heteroatoms. The fourth-order valence-electron chi connectivity index (χ4n) is 4.41. The monoisotopic (exact) mass is 338 g/mol. The molecular formula is C18H34N4O2. The lowest BCUT2D eigenvalue weighted by atomic mass is 9.85. The Morgan fingerprint density at radius 2 is 1.75 bits per heavy atom. The number of amides is 2. The Bertz CT molecular complexity index is 398. The van der Waals surface area contributed by atoms with E-state index in [-0.39, 0.29) is 11.6 Å². The molecule has 0 radical (unpaired) electrons. The van der Waals surface area contributed by atoms with E-state index in [0.29, 0.717) is 6.04 Å². The summed E-state index contributed by atoms with van der Waals surface area (Å²) in [5.74, 6) is 0. The van der Waals surface area contributed by atoms with Gasteiger partial charge in [0.25, 0.3) is 0 Å². The van der Waals surface area contributed by atoms with E-state index in [1.54, 1.807) is 0 Å². The Kier molecular flexibility index (Phi) is 6.36. The van der Waals surface area contributed by atoms with Crippen LogP contribution < -0.4 is 10.6 Å². The second-order valence-corrected chi connectivity index (χ2v) is 7.79. The van der Waals surface area contributed by atoms with Crippen molar-refractivity contribution in [2.75, 3.05) is 53.0 Å². The Morgan fingerprint density at radius 1 is 1.08 bits per heavy atom. The molecule has 6 nitrogen and oxygen atoms in total. The largest absolute Gasteiger partial charge is 0.379 e. The van der Waals surface area contributed by atoms with Crippen LogP contribution in [0, 0.1) is 0 Å². The summed E-state index contributed by atoms with van der Waals surface area (Å²) in [4.78, 5) is 17.3. The van der Waals surface area contributed by atoms with Crippen LogP contribution in [0.25, 0.3) is 0 Å². The van der Waals surface area contributed by atoms with Gasteiger partial charge in [0.2, 0.25) is 0 Å². The first-order chi connectivity index (χ1) is 11.7. The molecule has 1 saturated carbocycles. The minimum Gasteiger partial charge on any atom is -0.379 e. The third kappa shape index (κ3) is 4.61. The zero-order valence-corrected chi connectivity index (χ0v) is 15.2. The topological polar surface area (TPSA) is 56.8 Å². The minimum absolute atomic E-state index is 0.0217. The van der Waals surface area contributed by atoms with E-state index in [2.05, 4.69) is 27.5 Å². The maximum Gasteiger partial charge on any atom is 0.315 e. The molecule has 3 aliphatic rings. The van der Waals surface area contributed by atoms with Gasteiger partial charge in [-0.05, 0) is 45.8 Å². The highest BCUT2D eigenvalue weighted by atomic mass is 16.5. The fraction of sp³-hybridized carbons (Fsp3) is 0.944. The molecule has 2 amide bonds. The zero-order valence-electron chi connectivity index (χ0n) is 15.2. The normalized spacial score (nSPS) is 26.9. The quantitative estimate of drug-likeness (QED) is 0.814. The first kappa shape index (κ1) is 18.0. The molecule has 0 aromatic rings. The summed E-state index contributed by atoms with van der Waals surface area (Å²) in [6.07, 6.45) is 8.30. The van der Waals surface area contributed by atoms with Crippen molar-refractivity contribution in [3.63, 3.8) is 0 Å². The molecule has 2 heterocycles. The molecule has 1 aliphatic carbocycles. The van der Waals surface area contributed by atoms with Gasteiger partial charge in [-0.15, -0.1) is 0 Å². The number of carbonyl (C=O) groups is 1. The van der Waals surface area contributed by atoms with Crippen molar-refractivity contribution in [3.05, 3.63) is 0 Å². The van der Waals surface area contributed by atoms with Gasteiger partial charge in [-0.2, -0.15) is 0 Å². The summed E-state index contributed by atoms with van der Waals surface area (Å²) < 4.78 is 5.53. The smallest absolute Gasteiger partial charge is 0.315 e. The molecule has 0 aromatic heterocycles. The van der Waals surface area contributed by atoms with Crippen molar-refractivity contribution >= 4 is 6.03 Å². The highest BCUT2D eigenvalue weighted by Crippen LogP contribution is 2.29. The summed E-state index contributed by atoms with van der Waals surface area (Å²) in [6.45, 7) is 6.54. The summed E-state index contributed by atoms with van der Waals surface area (Å²) >= 11 is 0. The number of rotatable bonds is 4. The summed E-state index contributed by atoms with van der Waals surface area (Å²) in [7, 11) is 2.19. The maximum atomic E-state index is 12.4. The van der Waals surface area contributed by atoms with Crippen LogP contribution in [0.1, 0.15) is 44.9 Å². The van der Waals surface area contributed by atoms with Crippen LogP contribution in [0.15, 0.2) is 0 Å². The van der Waals surface area contributed by atoms with Crippen molar-refractivity contribution in [3.8, 4) is 0 Å². The predicted molar refractivity (Wildman–Crippen MR) is 95.3 cm³/mol. The van der Waals surface area contributed by atoms with Crippen LogP contribution in [0.4, 0.5) is 4.79 Å². The third-order valence-corrected chi connectivity index (χ3v) is 6.12. The molecule has 0 aromatic carbocycles. The SMILES string of the molecule is CN1CCC(CNC(=O)NC2CCCCC2)(N2CCOCC2)CC1. The standard InChI is InChI=1S/C18H34N4O2/c1-21-9-7-18(8-10-21,22-11-13-24-14-12-22)15-19-17(23)20-16-5-3-2-4-6-16/h16H,2-15H2,1H3,(H2,19,20,23). The van der Waals surface area contributed by atoms with Crippen molar-refractivity contribution in [1.82, 2.24) is 20.4 Å². The van der Waals surface area contributed by atoms with E-state index < -0.39 is 0 Å². The molecular weight excluding hydrogens is 304 g/mol. The summed E-state index contributed by atoms with van der Waals surface area (Å²) in [5.41, 5.74) is 0.0974. The second kappa shape index (κ2) is 8.50. The lowest BCUT2D eigenvalue weighted by molar-refractivity contribution is -0.0435. The fourth-order valence-corrected chi connectivity index (χ4v) is 4.41.